The van der Waals surface area contributed by atoms with Crippen molar-refractivity contribution in [2.45, 2.75) is 6.42 Å². The maximum atomic E-state index is 11.8. The molecular weight excluding hydrogens is 318 g/mol. The van der Waals surface area contributed by atoms with Gasteiger partial charge < -0.3 is 10.0 Å². The summed E-state index contributed by atoms with van der Waals surface area (Å²) >= 11 is 0. The van der Waals surface area contributed by atoms with Crippen LogP contribution in [0, 0.1) is 11.3 Å². The first-order chi connectivity index (χ1) is 10.8. The van der Waals surface area contributed by atoms with Gasteiger partial charge in [0.15, 0.2) is 0 Å². The second-order valence-electron chi connectivity index (χ2n) is 6.52. The molecule has 2 saturated heterocycles. The first-order valence-corrected chi connectivity index (χ1v) is 9.47. The molecular formula is C15H21N3O4S. The van der Waals surface area contributed by atoms with Crippen molar-refractivity contribution in [2.24, 2.45) is 11.3 Å². The van der Waals surface area contributed by atoms with Gasteiger partial charge in [-0.25, -0.2) is 12.7 Å². The number of pyridine rings is 1. The first kappa shape index (κ1) is 16.4. The molecule has 2 atom stereocenters. The number of hydrogen-bond donors (Lipinski definition) is 1. The molecule has 126 valence electrons. The van der Waals surface area contributed by atoms with Crippen LogP contribution < -0.4 is 0 Å². The minimum absolute atomic E-state index is 0.0753. The summed E-state index contributed by atoms with van der Waals surface area (Å²) in [6.07, 6.45) is 3.65. The van der Waals surface area contributed by atoms with E-state index in [1.54, 1.807) is 6.20 Å². The zero-order valence-corrected chi connectivity index (χ0v) is 13.9. The third kappa shape index (κ3) is 3.11. The van der Waals surface area contributed by atoms with Crippen molar-refractivity contribution in [3.8, 4) is 0 Å². The Bertz CT molecular complexity index is 694. The predicted octanol–water partition coefficient (Wildman–Crippen LogP) is -0.0979. The molecule has 0 unspecified atom stereocenters. The molecule has 0 saturated carbocycles. The second-order valence-corrected chi connectivity index (χ2v) is 8.50. The summed E-state index contributed by atoms with van der Waals surface area (Å²) < 4.78 is 24.8. The number of likely N-dealkylation sites (tertiary alicyclic amines) is 1. The van der Waals surface area contributed by atoms with Crippen molar-refractivity contribution < 1.29 is 18.3 Å². The molecule has 8 heteroatoms. The highest BCUT2D eigenvalue weighted by Gasteiger charge is 2.58. The molecule has 23 heavy (non-hydrogen) atoms. The summed E-state index contributed by atoms with van der Waals surface area (Å²) in [5.41, 5.74) is -0.000549. The highest BCUT2D eigenvalue weighted by molar-refractivity contribution is 7.88. The van der Waals surface area contributed by atoms with Crippen molar-refractivity contribution in [3.63, 3.8) is 0 Å². The smallest absolute Gasteiger partial charge is 0.312 e. The molecule has 2 aliphatic heterocycles. The van der Waals surface area contributed by atoms with Gasteiger partial charge in [-0.3, -0.25) is 9.78 Å². The summed E-state index contributed by atoms with van der Waals surface area (Å²) in [4.78, 5) is 18.2. The van der Waals surface area contributed by atoms with E-state index >= 15 is 0 Å². The monoisotopic (exact) mass is 339 g/mol. The number of rotatable bonds is 5. The molecule has 0 radical (unpaired) electrons. The van der Waals surface area contributed by atoms with Crippen LogP contribution in [0.1, 0.15) is 5.69 Å². The van der Waals surface area contributed by atoms with Crippen LogP contribution in [0.15, 0.2) is 24.4 Å². The average Bonchev–Trinajstić information content (AvgIpc) is 3.00. The molecule has 7 nitrogen and oxygen atoms in total. The summed E-state index contributed by atoms with van der Waals surface area (Å²) in [6.45, 7) is 2.12. The fraction of sp³-hybridized carbons (Fsp3) is 0.600. The van der Waals surface area contributed by atoms with E-state index in [-0.39, 0.29) is 12.5 Å². The highest BCUT2D eigenvalue weighted by atomic mass is 32.2. The van der Waals surface area contributed by atoms with Gasteiger partial charge in [-0.2, -0.15) is 0 Å². The molecule has 0 bridgehead atoms. The Labute approximate surface area is 136 Å². The van der Waals surface area contributed by atoms with Crippen molar-refractivity contribution >= 4 is 16.0 Å². The lowest BCUT2D eigenvalue weighted by molar-refractivity contribution is -0.148. The van der Waals surface area contributed by atoms with Crippen LogP contribution in [0.5, 0.6) is 0 Å². The third-order valence-corrected chi connectivity index (χ3v) is 6.17. The van der Waals surface area contributed by atoms with Crippen LogP contribution in [-0.2, 0) is 21.2 Å². The Kier molecular flexibility index (Phi) is 4.16. The van der Waals surface area contributed by atoms with Gasteiger partial charge in [0, 0.05) is 57.0 Å². The largest absolute Gasteiger partial charge is 0.481 e. The van der Waals surface area contributed by atoms with Gasteiger partial charge in [-0.15, -0.1) is 0 Å². The molecule has 1 aromatic heterocycles. The number of aliphatic carboxylic acids is 1. The standard InChI is InChI=1S/C15H21N3O4S/c1-23(21,22)18-9-12-8-17(10-15(12,11-18)14(19)20)7-5-13-4-2-3-6-16-13/h2-4,6,12H,5,7-11H2,1H3,(H,19,20)/t12-,15-/m0/s1. The fourth-order valence-electron chi connectivity index (χ4n) is 3.67. The lowest BCUT2D eigenvalue weighted by atomic mass is 9.81. The number of hydrogen-bond acceptors (Lipinski definition) is 5. The third-order valence-electron chi connectivity index (χ3n) is 4.95. The Hall–Kier alpha value is -1.51. The van der Waals surface area contributed by atoms with Gasteiger partial charge in [0.1, 0.15) is 0 Å². The van der Waals surface area contributed by atoms with Crippen LogP contribution in [-0.4, -0.2) is 72.7 Å². The lowest BCUT2D eigenvalue weighted by Crippen LogP contribution is -2.42. The number of carbonyl (C=O) groups is 1. The van der Waals surface area contributed by atoms with Crippen LogP contribution in [0.3, 0.4) is 0 Å². The Morgan fingerprint density at radius 2 is 2.17 bits per heavy atom. The molecule has 1 aromatic rings. The van der Waals surface area contributed by atoms with Crippen LogP contribution >= 0.6 is 0 Å². The van der Waals surface area contributed by atoms with Crippen molar-refractivity contribution in [1.29, 1.82) is 0 Å². The van der Waals surface area contributed by atoms with Gasteiger partial charge >= 0.3 is 5.97 Å². The lowest BCUT2D eigenvalue weighted by Gasteiger charge is -2.24. The van der Waals surface area contributed by atoms with E-state index in [4.69, 9.17) is 0 Å². The summed E-state index contributed by atoms with van der Waals surface area (Å²) in [7, 11) is -3.35. The highest BCUT2D eigenvalue weighted by Crippen LogP contribution is 2.43. The van der Waals surface area contributed by atoms with Gasteiger partial charge in [0.2, 0.25) is 10.0 Å². The molecule has 3 heterocycles. The average molecular weight is 339 g/mol. The predicted molar refractivity (Wildman–Crippen MR) is 84.4 cm³/mol. The van der Waals surface area contributed by atoms with Crippen LogP contribution in [0.2, 0.25) is 0 Å². The molecule has 0 aliphatic carbocycles. The molecule has 0 aromatic carbocycles. The Morgan fingerprint density at radius 1 is 1.39 bits per heavy atom. The zero-order valence-electron chi connectivity index (χ0n) is 13.1. The fourth-order valence-corrected chi connectivity index (χ4v) is 4.58. The van der Waals surface area contributed by atoms with E-state index in [9.17, 15) is 18.3 Å². The minimum Gasteiger partial charge on any atom is -0.481 e. The topological polar surface area (TPSA) is 90.8 Å². The molecule has 3 rings (SSSR count). The van der Waals surface area contributed by atoms with Crippen molar-refractivity contribution in [3.05, 3.63) is 30.1 Å². The number of carboxylic acids is 1. The molecule has 1 N–H and O–H groups in total. The van der Waals surface area contributed by atoms with Crippen LogP contribution in [0.4, 0.5) is 0 Å². The first-order valence-electron chi connectivity index (χ1n) is 7.62. The molecule has 0 amide bonds. The zero-order chi connectivity index (χ0) is 16.7. The molecule has 2 aliphatic rings. The van der Waals surface area contributed by atoms with Crippen LogP contribution in [0.25, 0.3) is 0 Å². The van der Waals surface area contributed by atoms with E-state index in [0.29, 0.717) is 19.6 Å². The van der Waals surface area contributed by atoms with E-state index in [1.807, 2.05) is 18.2 Å². The van der Waals surface area contributed by atoms with E-state index < -0.39 is 21.4 Å². The van der Waals surface area contributed by atoms with Gasteiger partial charge in [-0.1, -0.05) is 6.07 Å². The SMILES string of the molecule is CS(=O)(=O)N1C[C@@H]2CN(CCc3ccccn3)C[C@]2(C(=O)O)C1. The van der Waals surface area contributed by atoms with Crippen molar-refractivity contribution in [2.75, 3.05) is 39.0 Å². The second kappa shape index (κ2) is 5.85. The Balaban J connectivity index is 1.68. The summed E-state index contributed by atoms with van der Waals surface area (Å²) in [5.74, 6) is -1.05. The number of carboxylic acid groups (broad SMARTS) is 1. The number of nitrogens with zero attached hydrogens (tertiary/aromatic N) is 3. The molecule has 0 spiro atoms. The normalized spacial score (nSPS) is 28.8. The number of aromatic nitrogens is 1. The summed E-state index contributed by atoms with van der Waals surface area (Å²) in [6, 6.07) is 5.75. The maximum Gasteiger partial charge on any atom is 0.312 e. The van der Waals surface area contributed by atoms with Gasteiger partial charge in [-0.05, 0) is 12.1 Å². The Morgan fingerprint density at radius 3 is 2.74 bits per heavy atom. The van der Waals surface area contributed by atoms with E-state index in [1.165, 1.54) is 4.31 Å². The maximum absolute atomic E-state index is 11.8. The van der Waals surface area contributed by atoms with Gasteiger partial charge in [0.05, 0.1) is 11.7 Å². The quantitative estimate of drug-likeness (QED) is 0.806. The number of fused-ring (bicyclic) bond motifs is 1. The van der Waals surface area contributed by atoms with Gasteiger partial charge in [0.25, 0.3) is 0 Å². The van der Waals surface area contributed by atoms with E-state index in [2.05, 4.69) is 9.88 Å². The summed E-state index contributed by atoms with van der Waals surface area (Å²) in [5, 5.41) is 9.70. The minimum atomic E-state index is -3.35. The van der Waals surface area contributed by atoms with E-state index in [0.717, 1.165) is 24.9 Å². The molecule has 2 fully saturated rings. The number of sulfonamides is 1. The van der Waals surface area contributed by atoms with Crippen molar-refractivity contribution in [1.82, 2.24) is 14.2 Å².